The molecule has 1 heterocycles. The average molecular weight is 351 g/mol. The number of carbonyl (C=O) groups is 2. The fraction of sp³-hybridized carbons (Fsp3) is 0.294. The number of hydrogen-bond acceptors (Lipinski definition) is 5. The van der Waals surface area contributed by atoms with E-state index in [-0.39, 0.29) is 12.5 Å². The van der Waals surface area contributed by atoms with Crippen LogP contribution in [0.4, 0.5) is 9.39 Å². The number of nitrogens with one attached hydrogen (secondary N) is 1. The number of anilines is 1. The lowest BCUT2D eigenvalue weighted by Gasteiger charge is -2.10. The number of halogens is 1. The maximum absolute atomic E-state index is 13.4. The van der Waals surface area contributed by atoms with Gasteiger partial charge < -0.3 is 14.8 Å². The zero-order valence-electron chi connectivity index (χ0n) is 13.9. The molecule has 0 fully saturated rings. The highest BCUT2D eigenvalue weighted by atomic mass is 32.1. The van der Waals surface area contributed by atoms with Crippen molar-refractivity contribution in [1.29, 1.82) is 0 Å². The van der Waals surface area contributed by atoms with Crippen LogP contribution >= 0.6 is 11.3 Å². The summed E-state index contributed by atoms with van der Waals surface area (Å²) >= 11 is 1.31. The molecule has 0 bridgehead atoms. The molecule has 1 aromatic carbocycles. The van der Waals surface area contributed by atoms with E-state index in [0.717, 1.165) is 10.4 Å². The van der Waals surface area contributed by atoms with Crippen molar-refractivity contribution in [2.24, 2.45) is 0 Å². The normalized spacial score (nSPS) is 10.4. The topological polar surface area (TPSA) is 64.6 Å². The van der Waals surface area contributed by atoms with Crippen LogP contribution in [0.3, 0.4) is 0 Å². The molecule has 1 amide bonds. The van der Waals surface area contributed by atoms with E-state index < -0.39 is 11.8 Å². The Morgan fingerprint density at radius 3 is 2.62 bits per heavy atom. The second kappa shape index (κ2) is 7.44. The highest BCUT2D eigenvalue weighted by molar-refractivity contribution is 7.16. The number of carbonyl (C=O) groups excluding carboxylic acids is 2. The minimum absolute atomic E-state index is 0.131. The van der Waals surface area contributed by atoms with Gasteiger partial charge in [-0.1, -0.05) is 0 Å². The molecule has 128 valence electrons. The molecular formula is C17H18FNO4S. The van der Waals surface area contributed by atoms with Crippen LogP contribution in [0.1, 0.15) is 33.3 Å². The summed E-state index contributed by atoms with van der Waals surface area (Å²) < 4.78 is 23.8. The predicted molar refractivity (Wildman–Crippen MR) is 90.2 cm³/mol. The van der Waals surface area contributed by atoms with E-state index in [1.807, 2.05) is 6.92 Å². The number of esters is 1. The van der Waals surface area contributed by atoms with Gasteiger partial charge in [-0.3, -0.25) is 4.79 Å². The van der Waals surface area contributed by atoms with Crippen LogP contribution in [-0.2, 0) is 16.1 Å². The summed E-state index contributed by atoms with van der Waals surface area (Å²) in [4.78, 5) is 24.6. The SMILES string of the molecule is COc1ccc(F)cc1COC(=O)c1c(NC(C)=O)sc(C)c1C. The summed E-state index contributed by atoms with van der Waals surface area (Å²) in [5, 5.41) is 3.09. The zero-order chi connectivity index (χ0) is 17.9. The molecule has 1 aromatic heterocycles. The summed E-state index contributed by atoms with van der Waals surface area (Å²) in [7, 11) is 1.46. The lowest BCUT2D eigenvalue weighted by Crippen LogP contribution is -2.12. The van der Waals surface area contributed by atoms with E-state index >= 15 is 0 Å². The molecule has 5 nitrogen and oxygen atoms in total. The number of thiophene rings is 1. The molecule has 0 atom stereocenters. The van der Waals surface area contributed by atoms with E-state index in [1.165, 1.54) is 43.6 Å². The third-order valence-corrected chi connectivity index (χ3v) is 4.60. The van der Waals surface area contributed by atoms with E-state index in [2.05, 4.69) is 5.32 Å². The Bertz CT molecular complexity index is 785. The van der Waals surface area contributed by atoms with Gasteiger partial charge in [0.2, 0.25) is 5.91 Å². The Morgan fingerprint density at radius 2 is 2.00 bits per heavy atom. The van der Waals surface area contributed by atoms with Crippen LogP contribution < -0.4 is 10.1 Å². The minimum Gasteiger partial charge on any atom is -0.496 e. The highest BCUT2D eigenvalue weighted by Gasteiger charge is 2.22. The van der Waals surface area contributed by atoms with Gasteiger partial charge in [0, 0.05) is 17.4 Å². The van der Waals surface area contributed by atoms with Crippen LogP contribution in [0.25, 0.3) is 0 Å². The van der Waals surface area contributed by atoms with E-state index in [1.54, 1.807) is 6.92 Å². The Kier molecular flexibility index (Phi) is 5.56. The summed E-state index contributed by atoms with van der Waals surface area (Å²) in [6, 6.07) is 4.00. The molecule has 0 aliphatic heterocycles. The van der Waals surface area contributed by atoms with Gasteiger partial charge in [-0.15, -0.1) is 11.3 Å². The summed E-state index contributed by atoms with van der Waals surface area (Å²) in [6.07, 6.45) is 0. The van der Waals surface area contributed by atoms with E-state index in [4.69, 9.17) is 9.47 Å². The van der Waals surface area contributed by atoms with Gasteiger partial charge >= 0.3 is 5.97 Å². The lowest BCUT2D eigenvalue weighted by molar-refractivity contribution is -0.114. The quantitative estimate of drug-likeness (QED) is 0.832. The number of ether oxygens (including phenoxy) is 2. The monoisotopic (exact) mass is 351 g/mol. The molecule has 0 spiro atoms. The first-order valence-corrected chi connectivity index (χ1v) is 8.02. The average Bonchev–Trinajstić information content (AvgIpc) is 2.78. The first-order chi connectivity index (χ1) is 11.3. The van der Waals surface area contributed by atoms with Crippen molar-refractivity contribution in [1.82, 2.24) is 0 Å². The number of hydrogen-bond donors (Lipinski definition) is 1. The number of benzene rings is 1. The van der Waals surface area contributed by atoms with Crippen LogP contribution in [-0.4, -0.2) is 19.0 Å². The second-order valence-corrected chi connectivity index (χ2v) is 6.43. The Labute approximate surface area is 143 Å². The van der Waals surface area contributed by atoms with Crippen molar-refractivity contribution in [3.63, 3.8) is 0 Å². The van der Waals surface area contributed by atoms with Crippen molar-refractivity contribution in [3.8, 4) is 5.75 Å². The largest absolute Gasteiger partial charge is 0.496 e. The summed E-state index contributed by atoms with van der Waals surface area (Å²) in [5.74, 6) is -0.850. The van der Waals surface area contributed by atoms with Crippen molar-refractivity contribution < 1.29 is 23.5 Å². The highest BCUT2D eigenvalue weighted by Crippen LogP contribution is 2.33. The maximum atomic E-state index is 13.4. The van der Waals surface area contributed by atoms with Crippen molar-refractivity contribution in [2.75, 3.05) is 12.4 Å². The molecule has 0 unspecified atom stereocenters. The van der Waals surface area contributed by atoms with Gasteiger partial charge in [0.05, 0.1) is 12.7 Å². The molecule has 24 heavy (non-hydrogen) atoms. The number of amides is 1. The van der Waals surface area contributed by atoms with Crippen LogP contribution in [0, 0.1) is 19.7 Å². The molecule has 0 saturated heterocycles. The summed E-state index contributed by atoms with van der Waals surface area (Å²) in [6.45, 7) is 4.89. The molecule has 7 heteroatoms. The standard InChI is InChI=1S/C17H18FNO4S/c1-9-10(2)24-16(19-11(3)20)15(9)17(21)23-8-12-7-13(18)5-6-14(12)22-4/h5-7H,8H2,1-4H3,(H,19,20). The number of aryl methyl sites for hydroxylation is 1. The molecular weight excluding hydrogens is 333 g/mol. The first kappa shape index (κ1) is 17.9. The molecule has 1 N–H and O–H groups in total. The van der Waals surface area contributed by atoms with Crippen LogP contribution in [0.2, 0.25) is 0 Å². The smallest absolute Gasteiger partial charge is 0.341 e. The Hall–Kier alpha value is -2.41. The Balaban J connectivity index is 2.22. The third kappa shape index (κ3) is 3.91. The molecule has 0 aliphatic rings. The number of rotatable bonds is 5. The van der Waals surface area contributed by atoms with Gasteiger partial charge in [0.15, 0.2) is 0 Å². The van der Waals surface area contributed by atoms with Gasteiger partial charge in [0.25, 0.3) is 0 Å². The van der Waals surface area contributed by atoms with E-state index in [9.17, 15) is 14.0 Å². The summed E-state index contributed by atoms with van der Waals surface area (Å²) in [5.41, 5.74) is 1.50. The fourth-order valence-corrected chi connectivity index (χ4v) is 3.29. The fourth-order valence-electron chi connectivity index (χ4n) is 2.20. The van der Waals surface area contributed by atoms with Gasteiger partial charge in [-0.05, 0) is 37.6 Å². The molecule has 0 radical (unpaired) electrons. The van der Waals surface area contributed by atoms with E-state index in [0.29, 0.717) is 21.9 Å². The molecule has 0 saturated carbocycles. The predicted octanol–water partition coefficient (Wildman–Crippen LogP) is 3.83. The first-order valence-electron chi connectivity index (χ1n) is 7.20. The van der Waals surface area contributed by atoms with Crippen molar-refractivity contribution in [2.45, 2.75) is 27.4 Å². The molecule has 2 aromatic rings. The molecule has 0 aliphatic carbocycles. The second-order valence-electron chi connectivity index (χ2n) is 5.20. The number of methoxy groups -OCH3 is 1. The third-order valence-electron chi connectivity index (χ3n) is 3.48. The van der Waals surface area contributed by atoms with Crippen molar-refractivity contribution in [3.05, 3.63) is 45.6 Å². The van der Waals surface area contributed by atoms with Gasteiger partial charge in [-0.25, -0.2) is 9.18 Å². The van der Waals surface area contributed by atoms with Gasteiger partial charge in [-0.2, -0.15) is 0 Å². The lowest BCUT2D eigenvalue weighted by atomic mass is 10.1. The zero-order valence-corrected chi connectivity index (χ0v) is 14.7. The van der Waals surface area contributed by atoms with Crippen LogP contribution in [0.15, 0.2) is 18.2 Å². The van der Waals surface area contributed by atoms with Crippen molar-refractivity contribution >= 4 is 28.2 Å². The van der Waals surface area contributed by atoms with Crippen LogP contribution in [0.5, 0.6) is 5.75 Å². The van der Waals surface area contributed by atoms with Gasteiger partial charge in [0.1, 0.15) is 23.2 Å². The maximum Gasteiger partial charge on any atom is 0.341 e. The molecule has 2 rings (SSSR count). The Morgan fingerprint density at radius 1 is 1.29 bits per heavy atom. The minimum atomic E-state index is -0.577.